The number of rotatable bonds is 11. The molecule has 2 aromatic heterocycles. The predicted octanol–water partition coefficient (Wildman–Crippen LogP) is 3.87. The highest BCUT2D eigenvalue weighted by Gasteiger charge is 2.56. The standard InChI is InChI=1S/C23H34FN5O6/c1-5-8-9-10-15(30)26-18-17-19(28-20(24)27-18)29(14-25-17)16-12-23(32,7-3)22(4,35-16)13-34-21(31)33-11-6-2/h14,16,32H,5-13H2,1-4H3,(H,26,27,28,30)/t16-,22-,23+/m1/s1. The van der Waals surface area contributed by atoms with Crippen molar-refractivity contribution >= 4 is 29.0 Å². The smallest absolute Gasteiger partial charge is 0.434 e. The number of hydrogen-bond donors (Lipinski definition) is 2. The molecule has 1 fully saturated rings. The van der Waals surface area contributed by atoms with Crippen molar-refractivity contribution in [1.29, 1.82) is 0 Å². The largest absolute Gasteiger partial charge is 0.508 e. The molecule has 0 aliphatic carbocycles. The summed E-state index contributed by atoms with van der Waals surface area (Å²) in [5, 5.41) is 13.9. The third kappa shape index (κ3) is 5.87. The first-order valence-electron chi connectivity index (χ1n) is 12.1. The van der Waals surface area contributed by atoms with E-state index in [1.54, 1.807) is 13.8 Å². The van der Waals surface area contributed by atoms with Gasteiger partial charge in [0.1, 0.15) is 24.0 Å². The first-order chi connectivity index (χ1) is 16.7. The Balaban J connectivity index is 1.83. The molecule has 3 rings (SSSR count). The van der Waals surface area contributed by atoms with Crippen molar-refractivity contribution in [3.05, 3.63) is 12.4 Å². The van der Waals surface area contributed by atoms with Crippen molar-refractivity contribution in [3.63, 3.8) is 0 Å². The lowest BCUT2D eigenvalue weighted by molar-refractivity contribution is -0.158. The van der Waals surface area contributed by atoms with Crippen LogP contribution in [0.5, 0.6) is 0 Å². The van der Waals surface area contributed by atoms with Gasteiger partial charge in [0.25, 0.3) is 0 Å². The van der Waals surface area contributed by atoms with Crippen LogP contribution in [0.4, 0.5) is 15.0 Å². The number of aliphatic hydroxyl groups is 1. The van der Waals surface area contributed by atoms with Crippen molar-refractivity contribution in [1.82, 2.24) is 19.5 Å². The summed E-state index contributed by atoms with van der Waals surface area (Å²) in [6.07, 6.45) is 2.69. The van der Waals surface area contributed by atoms with Crippen LogP contribution in [0.2, 0.25) is 0 Å². The Bertz CT molecular complexity index is 1050. The fourth-order valence-corrected chi connectivity index (χ4v) is 4.14. The molecule has 0 spiro atoms. The van der Waals surface area contributed by atoms with Crippen molar-refractivity contribution in [2.24, 2.45) is 0 Å². The minimum Gasteiger partial charge on any atom is -0.434 e. The van der Waals surface area contributed by atoms with Crippen LogP contribution < -0.4 is 5.32 Å². The van der Waals surface area contributed by atoms with Gasteiger partial charge in [0, 0.05) is 12.8 Å². The SMILES string of the molecule is CCCCCC(=O)Nc1nc(F)nc2c1ncn2[C@H]1C[C@@](O)(CC)[C@@](C)(COC(=O)OCCC)O1. The Hall–Kier alpha value is -2.86. The lowest BCUT2D eigenvalue weighted by Gasteiger charge is -2.36. The van der Waals surface area contributed by atoms with Crippen LogP contribution in [0, 0.1) is 6.08 Å². The van der Waals surface area contributed by atoms with Crippen LogP contribution in [0.1, 0.15) is 78.9 Å². The van der Waals surface area contributed by atoms with Gasteiger partial charge < -0.3 is 24.6 Å². The molecule has 11 nitrogen and oxygen atoms in total. The van der Waals surface area contributed by atoms with Gasteiger partial charge in [-0.3, -0.25) is 9.36 Å². The van der Waals surface area contributed by atoms with E-state index in [0.29, 0.717) is 19.3 Å². The Morgan fingerprint density at radius 3 is 2.71 bits per heavy atom. The first kappa shape index (κ1) is 26.7. The van der Waals surface area contributed by atoms with Gasteiger partial charge >= 0.3 is 12.2 Å². The normalized spacial score (nSPS) is 24.0. The molecular weight excluding hydrogens is 461 g/mol. The number of aromatic nitrogens is 4. The molecule has 3 heterocycles. The molecule has 0 aromatic carbocycles. The fourth-order valence-electron chi connectivity index (χ4n) is 4.14. The van der Waals surface area contributed by atoms with Crippen molar-refractivity contribution < 1.29 is 33.3 Å². The quantitative estimate of drug-likeness (QED) is 0.270. The average Bonchev–Trinajstić information content (AvgIpc) is 3.35. The minimum atomic E-state index is -1.36. The lowest BCUT2D eigenvalue weighted by atomic mass is 9.82. The summed E-state index contributed by atoms with van der Waals surface area (Å²) < 4.78 is 32.1. The second-order valence-corrected chi connectivity index (χ2v) is 8.95. The average molecular weight is 496 g/mol. The van der Waals surface area contributed by atoms with E-state index in [1.807, 2.05) is 13.8 Å². The Labute approximate surface area is 203 Å². The molecule has 0 radical (unpaired) electrons. The number of amides is 1. The third-order valence-corrected chi connectivity index (χ3v) is 6.34. The molecule has 1 aliphatic heterocycles. The van der Waals surface area contributed by atoms with E-state index >= 15 is 0 Å². The number of halogens is 1. The van der Waals surface area contributed by atoms with Gasteiger partial charge in [-0.05, 0) is 26.2 Å². The summed E-state index contributed by atoms with van der Waals surface area (Å²) in [5.41, 5.74) is -2.32. The van der Waals surface area contributed by atoms with Crippen molar-refractivity contribution in [2.45, 2.75) is 90.1 Å². The molecule has 12 heteroatoms. The highest BCUT2D eigenvalue weighted by atomic mass is 19.1. The van der Waals surface area contributed by atoms with Crippen LogP contribution in [0.25, 0.3) is 11.2 Å². The van der Waals surface area contributed by atoms with Crippen LogP contribution in [0.15, 0.2) is 6.33 Å². The van der Waals surface area contributed by atoms with Crippen molar-refractivity contribution in [3.8, 4) is 0 Å². The summed E-state index contributed by atoms with van der Waals surface area (Å²) in [6, 6.07) is 0. The van der Waals surface area contributed by atoms with E-state index in [0.717, 1.165) is 12.8 Å². The molecule has 3 atom stereocenters. The molecule has 194 valence electrons. The van der Waals surface area contributed by atoms with Crippen LogP contribution in [-0.2, 0) is 19.0 Å². The topological polar surface area (TPSA) is 138 Å². The molecule has 1 aliphatic rings. The summed E-state index contributed by atoms with van der Waals surface area (Å²) in [5.74, 6) is -0.314. The number of fused-ring (bicyclic) bond motifs is 1. The van der Waals surface area contributed by atoms with E-state index in [1.165, 1.54) is 10.9 Å². The maximum atomic E-state index is 14.3. The number of carbonyl (C=O) groups excluding carboxylic acids is 2. The Morgan fingerprint density at radius 2 is 2.03 bits per heavy atom. The Kier molecular flexibility index (Phi) is 8.60. The first-order valence-corrected chi connectivity index (χ1v) is 12.1. The Morgan fingerprint density at radius 1 is 1.26 bits per heavy atom. The zero-order valence-corrected chi connectivity index (χ0v) is 20.7. The summed E-state index contributed by atoms with van der Waals surface area (Å²) in [7, 11) is 0. The number of anilines is 1. The number of carbonyl (C=O) groups is 2. The number of hydrogen-bond acceptors (Lipinski definition) is 9. The maximum Gasteiger partial charge on any atom is 0.508 e. The zero-order chi connectivity index (χ0) is 25.6. The minimum absolute atomic E-state index is 0.0266. The number of unbranched alkanes of at least 4 members (excludes halogenated alkanes) is 2. The van der Waals surface area contributed by atoms with E-state index in [2.05, 4.69) is 20.3 Å². The van der Waals surface area contributed by atoms with Gasteiger partial charge in [-0.15, -0.1) is 0 Å². The summed E-state index contributed by atoms with van der Waals surface area (Å²) in [4.78, 5) is 35.9. The molecule has 2 aromatic rings. The number of nitrogens with zero attached hydrogens (tertiary/aromatic N) is 4. The van der Waals surface area contributed by atoms with Gasteiger partial charge in [0.2, 0.25) is 5.91 Å². The maximum absolute atomic E-state index is 14.3. The van der Waals surface area contributed by atoms with Gasteiger partial charge in [-0.2, -0.15) is 14.4 Å². The molecule has 0 saturated carbocycles. The molecule has 0 bridgehead atoms. The van der Waals surface area contributed by atoms with E-state index < -0.39 is 29.7 Å². The number of imidazole rings is 1. The molecule has 1 amide bonds. The van der Waals surface area contributed by atoms with E-state index in [4.69, 9.17) is 14.2 Å². The fraction of sp³-hybridized carbons (Fsp3) is 0.696. The van der Waals surface area contributed by atoms with Crippen molar-refractivity contribution in [2.75, 3.05) is 18.5 Å². The van der Waals surface area contributed by atoms with Gasteiger partial charge in [-0.25, -0.2) is 9.78 Å². The second-order valence-electron chi connectivity index (χ2n) is 8.95. The molecule has 1 saturated heterocycles. The van der Waals surface area contributed by atoms with Gasteiger partial charge in [0.15, 0.2) is 17.0 Å². The van der Waals surface area contributed by atoms with Gasteiger partial charge in [0.05, 0.1) is 12.9 Å². The highest BCUT2D eigenvalue weighted by Crippen LogP contribution is 2.47. The van der Waals surface area contributed by atoms with Crippen LogP contribution in [0.3, 0.4) is 0 Å². The second kappa shape index (κ2) is 11.3. The van der Waals surface area contributed by atoms with E-state index in [9.17, 15) is 19.1 Å². The zero-order valence-electron chi connectivity index (χ0n) is 20.7. The highest BCUT2D eigenvalue weighted by molar-refractivity contribution is 5.96. The number of nitrogens with one attached hydrogen (secondary N) is 1. The lowest BCUT2D eigenvalue weighted by Crippen LogP contribution is -2.51. The van der Waals surface area contributed by atoms with Crippen LogP contribution in [-0.4, -0.2) is 61.1 Å². The molecule has 0 unspecified atom stereocenters. The molecule has 35 heavy (non-hydrogen) atoms. The summed E-state index contributed by atoms with van der Waals surface area (Å²) >= 11 is 0. The predicted molar refractivity (Wildman–Crippen MR) is 124 cm³/mol. The monoisotopic (exact) mass is 495 g/mol. The molecule has 2 N–H and O–H groups in total. The van der Waals surface area contributed by atoms with Gasteiger partial charge in [-0.1, -0.05) is 33.6 Å². The number of ether oxygens (including phenoxy) is 3. The van der Waals surface area contributed by atoms with Crippen LogP contribution >= 0.6 is 0 Å². The van der Waals surface area contributed by atoms with E-state index in [-0.39, 0.29) is 48.9 Å². The molecular formula is C23H34FN5O6. The third-order valence-electron chi connectivity index (χ3n) is 6.34. The summed E-state index contributed by atoms with van der Waals surface area (Å²) in [6.45, 7) is 7.31.